The molecule has 124 valence electrons. The highest BCUT2D eigenvalue weighted by atomic mass is 79.9. The van der Waals surface area contributed by atoms with Crippen LogP contribution in [0.15, 0.2) is 29.0 Å². The van der Waals surface area contributed by atoms with Crippen LogP contribution in [0.1, 0.15) is 28.3 Å². The van der Waals surface area contributed by atoms with Crippen LogP contribution in [0.4, 0.5) is 5.82 Å². The molecule has 3 fully saturated rings. The second-order valence-electron chi connectivity index (χ2n) is 6.47. The summed E-state index contributed by atoms with van der Waals surface area (Å²) in [5, 5.41) is 0. The van der Waals surface area contributed by atoms with E-state index in [0.29, 0.717) is 5.56 Å². The van der Waals surface area contributed by atoms with Crippen LogP contribution in [-0.4, -0.2) is 50.9 Å². The quantitative estimate of drug-likeness (QED) is 0.791. The standard InChI is InChI=1S/C17H18BrN5O/c1-10-3-16(21-11(2)20-10)22-8-14-5-15(9-22)23(14)17(24)12-4-13(18)7-19-6-12/h3-4,6-7,14-15H,5,8-9H2,1-2H3. The lowest BCUT2D eigenvalue weighted by atomic mass is 9.86. The van der Waals surface area contributed by atoms with Gasteiger partial charge in [0.2, 0.25) is 0 Å². The van der Waals surface area contributed by atoms with Crippen LogP contribution >= 0.6 is 15.9 Å². The number of hydrogen-bond donors (Lipinski definition) is 0. The molecule has 0 aliphatic carbocycles. The molecule has 5 heterocycles. The smallest absolute Gasteiger partial charge is 0.256 e. The number of anilines is 1. The van der Waals surface area contributed by atoms with Crippen molar-refractivity contribution in [2.24, 2.45) is 0 Å². The van der Waals surface area contributed by atoms with Crippen LogP contribution in [0.25, 0.3) is 0 Å². The first kappa shape index (κ1) is 15.5. The van der Waals surface area contributed by atoms with Gasteiger partial charge in [-0.25, -0.2) is 9.97 Å². The number of piperazine rings is 1. The third-order valence-electron chi connectivity index (χ3n) is 4.66. The second kappa shape index (κ2) is 5.81. The van der Waals surface area contributed by atoms with Gasteiger partial charge in [-0.3, -0.25) is 9.78 Å². The summed E-state index contributed by atoms with van der Waals surface area (Å²) >= 11 is 3.38. The van der Waals surface area contributed by atoms with E-state index in [-0.39, 0.29) is 18.0 Å². The highest BCUT2D eigenvalue weighted by molar-refractivity contribution is 9.10. The summed E-state index contributed by atoms with van der Waals surface area (Å²) in [6, 6.07) is 4.33. The highest BCUT2D eigenvalue weighted by Gasteiger charge is 2.47. The minimum Gasteiger partial charge on any atom is -0.352 e. The number of hydrogen-bond acceptors (Lipinski definition) is 5. The number of aryl methyl sites for hydroxylation is 2. The van der Waals surface area contributed by atoms with Crippen LogP contribution in [0.3, 0.4) is 0 Å². The molecule has 3 aliphatic rings. The number of halogens is 1. The lowest BCUT2D eigenvalue weighted by Gasteiger charge is -2.56. The van der Waals surface area contributed by atoms with Crippen molar-refractivity contribution in [1.29, 1.82) is 0 Å². The number of carbonyl (C=O) groups is 1. The normalized spacial score (nSPS) is 22.3. The van der Waals surface area contributed by atoms with Gasteiger partial charge >= 0.3 is 0 Å². The minimum absolute atomic E-state index is 0.0692. The van der Waals surface area contributed by atoms with Gasteiger partial charge in [-0.1, -0.05) is 0 Å². The Kier molecular flexibility index (Phi) is 3.75. The van der Waals surface area contributed by atoms with Crippen molar-refractivity contribution in [3.63, 3.8) is 0 Å². The SMILES string of the molecule is Cc1cc(N2CC3CC(C2)N3C(=O)c2cncc(Br)c2)nc(C)n1. The average molecular weight is 388 g/mol. The van der Waals surface area contributed by atoms with E-state index < -0.39 is 0 Å². The molecule has 0 radical (unpaired) electrons. The van der Waals surface area contributed by atoms with E-state index in [2.05, 4.69) is 35.8 Å². The Labute approximate surface area is 149 Å². The van der Waals surface area contributed by atoms with Gasteiger partial charge in [0, 0.05) is 41.7 Å². The maximum atomic E-state index is 12.8. The maximum Gasteiger partial charge on any atom is 0.256 e. The predicted octanol–water partition coefficient (Wildman–Crippen LogP) is 2.35. The Morgan fingerprint density at radius 3 is 2.58 bits per heavy atom. The zero-order valence-electron chi connectivity index (χ0n) is 13.6. The number of carbonyl (C=O) groups excluding carboxylic acids is 1. The van der Waals surface area contributed by atoms with Crippen LogP contribution < -0.4 is 4.90 Å². The van der Waals surface area contributed by atoms with Gasteiger partial charge in [0.15, 0.2) is 0 Å². The van der Waals surface area contributed by atoms with Gasteiger partial charge in [-0.15, -0.1) is 0 Å². The molecule has 0 spiro atoms. The molecule has 0 saturated carbocycles. The fourth-order valence-corrected chi connectivity index (χ4v) is 4.03. The van der Waals surface area contributed by atoms with Gasteiger partial charge in [0.1, 0.15) is 11.6 Å². The number of piperidine rings is 1. The molecule has 24 heavy (non-hydrogen) atoms. The van der Waals surface area contributed by atoms with Crippen molar-refractivity contribution < 1.29 is 4.79 Å². The third kappa shape index (κ3) is 2.66. The van der Waals surface area contributed by atoms with Crippen molar-refractivity contribution >= 4 is 27.7 Å². The molecule has 0 N–H and O–H groups in total. The molecule has 2 atom stereocenters. The largest absolute Gasteiger partial charge is 0.352 e. The lowest BCUT2D eigenvalue weighted by molar-refractivity contribution is 0.00570. The topological polar surface area (TPSA) is 62.2 Å². The van der Waals surface area contributed by atoms with Crippen LogP contribution in [-0.2, 0) is 0 Å². The van der Waals surface area contributed by atoms with Gasteiger partial charge in [-0.05, 0) is 42.3 Å². The monoisotopic (exact) mass is 387 g/mol. The molecule has 2 unspecified atom stereocenters. The molecule has 1 amide bonds. The van der Waals surface area contributed by atoms with E-state index in [0.717, 1.165) is 41.3 Å². The minimum atomic E-state index is 0.0692. The molecule has 7 heteroatoms. The summed E-state index contributed by atoms with van der Waals surface area (Å²) in [4.78, 5) is 30.0. The van der Waals surface area contributed by atoms with Crippen molar-refractivity contribution in [3.8, 4) is 0 Å². The van der Waals surface area contributed by atoms with Crippen LogP contribution in [0, 0.1) is 13.8 Å². The number of rotatable bonds is 2. The van der Waals surface area contributed by atoms with E-state index in [1.807, 2.05) is 30.9 Å². The summed E-state index contributed by atoms with van der Waals surface area (Å²) < 4.78 is 0.826. The Bertz CT molecular complexity index is 779. The van der Waals surface area contributed by atoms with E-state index in [4.69, 9.17) is 0 Å². The summed E-state index contributed by atoms with van der Waals surface area (Å²) in [6.45, 7) is 5.54. The molecule has 3 aliphatic heterocycles. The second-order valence-corrected chi connectivity index (χ2v) is 7.38. The summed E-state index contributed by atoms with van der Waals surface area (Å²) in [5.41, 5.74) is 1.62. The first-order chi connectivity index (χ1) is 11.5. The number of pyridine rings is 1. The fraction of sp³-hybridized carbons (Fsp3) is 0.412. The summed E-state index contributed by atoms with van der Waals surface area (Å²) in [7, 11) is 0. The van der Waals surface area contributed by atoms with Gasteiger partial charge in [0.25, 0.3) is 5.91 Å². The first-order valence-electron chi connectivity index (χ1n) is 8.02. The number of nitrogens with zero attached hydrogens (tertiary/aromatic N) is 5. The number of amides is 1. The van der Waals surface area contributed by atoms with E-state index in [1.165, 1.54) is 0 Å². The molecule has 0 aromatic carbocycles. The van der Waals surface area contributed by atoms with Gasteiger partial charge in [0.05, 0.1) is 17.6 Å². The number of aromatic nitrogens is 3. The molecule has 2 aromatic rings. The van der Waals surface area contributed by atoms with Crippen molar-refractivity contribution in [3.05, 3.63) is 46.1 Å². The Morgan fingerprint density at radius 1 is 1.17 bits per heavy atom. The van der Waals surface area contributed by atoms with Crippen molar-refractivity contribution in [1.82, 2.24) is 19.9 Å². The van der Waals surface area contributed by atoms with Crippen LogP contribution in [0.5, 0.6) is 0 Å². The molecular weight excluding hydrogens is 370 g/mol. The van der Waals surface area contributed by atoms with Gasteiger partial charge in [-0.2, -0.15) is 0 Å². The Balaban J connectivity index is 1.51. The summed E-state index contributed by atoms with van der Waals surface area (Å²) in [6.07, 6.45) is 4.39. The van der Waals surface area contributed by atoms with Crippen molar-refractivity contribution in [2.45, 2.75) is 32.4 Å². The first-order valence-corrected chi connectivity index (χ1v) is 8.81. The fourth-order valence-electron chi connectivity index (χ4n) is 3.67. The predicted molar refractivity (Wildman–Crippen MR) is 94.0 cm³/mol. The average Bonchev–Trinajstić information content (AvgIpc) is 2.54. The van der Waals surface area contributed by atoms with E-state index in [9.17, 15) is 4.79 Å². The molecule has 6 nitrogen and oxygen atoms in total. The van der Waals surface area contributed by atoms with Gasteiger partial charge < -0.3 is 9.80 Å². The lowest BCUT2D eigenvalue weighted by Crippen LogP contribution is -2.70. The molecular formula is C17H18BrN5O. The molecule has 3 saturated heterocycles. The third-order valence-corrected chi connectivity index (χ3v) is 5.09. The highest BCUT2D eigenvalue weighted by Crippen LogP contribution is 2.35. The Hall–Kier alpha value is -2.02. The zero-order chi connectivity index (χ0) is 16.8. The molecule has 2 bridgehead atoms. The summed E-state index contributed by atoms with van der Waals surface area (Å²) in [5.74, 6) is 1.82. The maximum absolute atomic E-state index is 12.8. The Morgan fingerprint density at radius 2 is 1.92 bits per heavy atom. The zero-order valence-corrected chi connectivity index (χ0v) is 15.2. The van der Waals surface area contributed by atoms with Crippen LogP contribution in [0.2, 0.25) is 0 Å². The van der Waals surface area contributed by atoms with Crippen molar-refractivity contribution in [2.75, 3.05) is 18.0 Å². The number of fused-ring (bicyclic) bond motifs is 2. The van der Waals surface area contributed by atoms with E-state index in [1.54, 1.807) is 12.4 Å². The van der Waals surface area contributed by atoms with E-state index >= 15 is 0 Å². The molecule has 2 aromatic heterocycles. The molecule has 5 rings (SSSR count).